The van der Waals surface area contributed by atoms with Crippen LogP contribution in [0.2, 0.25) is 0 Å². The van der Waals surface area contributed by atoms with E-state index in [1.54, 1.807) is 14.1 Å². The number of carbonyl (C=O) groups excluding carboxylic acids is 1. The molecule has 1 rings (SSSR count). The Morgan fingerprint density at radius 2 is 2.29 bits per heavy atom. The van der Waals surface area contributed by atoms with E-state index in [0.717, 1.165) is 0 Å². The van der Waals surface area contributed by atoms with Crippen LogP contribution in [0.1, 0.15) is 0 Å². The third-order valence-corrected chi connectivity index (χ3v) is 1.66. The van der Waals surface area contributed by atoms with Gasteiger partial charge in [0.15, 0.2) is 11.5 Å². The van der Waals surface area contributed by atoms with Crippen LogP contribution in [0.3, 0.4) is 0 Å². The maximum atomic E-state index is 11.1. The SMILES string of the molecule is CNC1=C(C(N)=O)N(C)NC(NN)=N1. The minimum atomic E-state index is -0.579. The molecule has 1 amide bonds. The average molecular weight is 199 g/mol. The van der Waals surface area contributed by atoms with E-state index < -0.39 is 5.91 Å². The zero-order valence-corrected chi connectivity index (χ0v) is 7.96. The Balaban J connectivity index is 3.10. The van der Waals surface area contributed by atoms with E-state index in [4.69, 9.17) is 11.6 Å². The van der Waals surface area contributed by atoms with E-state index >= 15 is 0 Å². The molecule has 0 saturated heterocycles. The fourth-order valence-electron chi connectivity index (χ4n) is 1.08. The number of nitrogens with zero attached hydrogens (tertiary/aromatic N) is 2. The van der Waals surface area contributed by atoms with Crippen molar-refractivity contribution in [1.29, 1.82) is 0 Å². The molecule has 7 N–H and O–H groups in total. The number of aliphatic imine (C=N–C) groups is 1. The Hall–Kier alpha value is -1.96. The van der Waals surface area contributed by atoms with Gasteiger partial charge in [0.1, 0.15) is 0 Å². The van der Waals surface area contributed by atoms with Crippen LogP contribution in [0.25, 0.3) is 0 Å². The van der Waals surface area contributed by atoms with Crippen LogP contribution in [0, 0.1) is 0 Å². The number of amides is 1. The molecule has 0 radical (unpaired) electrons. The number of carbonyl (C=O) groups is 1. The molecule has 8 heteroatoms. The van der Waals surface area contributed by atoms with E-state index in [1.165, 1.54) is 5.01 Å². The molecule has 14 heavy (non-hydrogen) atoms. The largest absolute Gasteiger partial charge is 0.371 e. The molecule has 0 fully saturated rings. The van der Waals surface area contributed by atoms with Crippen molar-refractivity contribution in [2.45, 2.75) is 0 Å². The molecular weight excluding hydrogens is 186 g/mol. The molecule has 0 aromatic carbocycles. The number of rotatable bonds is 2. The highest BCUT2D eigenvalue weighted by Gasteiger charge is 2.22. The molecule has 0 unspecified atom stereocenters. The maximum absolute atomic E-state index is 11.1. The van der Waals surface area contributed by atoms with E-state index in [2.05, 4.69) is 21.2 Å². The number of likely N-dealkylation sites (N-methyl/N-ethyl adjacent to an activating group) is 1. The fraction of sp³-hybridized carbons (Fsp3) is 0.333. The van der Waals surface area contributed by atoms with Crippen molar-refractivity contribution in [1.82, 2.24) is 21.2 Å². The van der Waals surface area contributed by atoms with Gasteiger partial charge in [-0.2, -0.15) is 4.99 Å². The maximum Gasteiger partial charge on any atom is 0.270 e. The van der Waals surface area contributed by atoms with E-state index in [0.29, 0.717) is 11.8 Å². The zero-order chi connectivity index (χ0) is 10.7. The lowest BCUT2D eigenvalue weighted by atomic mass is 10.4. The molecule has 0 spiro atoms. The van der Waals surface area contributed by atoms with Gasteiger partial charge >= 0.3 is 0 Å². The predicted octanol–water partition coefficient (Wildman–Crippen LogP) is -2.87. The van der Waals surface area contributed by atoms with Crippen LogP contribution in [0.4, 0.5) is 0 Å². The summed E-state index contributed by atoms with van der Waals surface area (Å²) in [7, 11) is 3.26. The number of nitrogens with one attached hydrogen (secondary N) is 3. The van der Waals surface area contributed by atoms with Gasteiger partial charge in [0.05, 0.1) is 0 Å². The summed E-state index contributed by atoms with van der Waals surface area (Å²) in [6.07, 6.45) is 0. The van der Waals surface area contributed by atoms with Crippen molar-refractivity contribution in [3.05, 3.63) is 11.5 Å². The molecule has 78 valence electrons. The van der Waals surface area contributed by atoms with Crippen LogP contribution in [-0.2, 0) is 4.79 Å². The van der Waals surface area contributed by atoms with Crippen molar-refractivity contribution in [3.63, 3.8) is 0 Å². The first-order chi connectivity index (χ1) is 6.60. The quantitative estimate of drug-likeness (QED) is 0.241. The van der Waals surface area contributed by atoms with Crippen LogP contribution >= 0.6 is 0 Å². The first kappa shape index (κ1) is 10.1. The number of primary amides is 1. The van der Waals surface area contributed by atoms with Gasteiger partial charge in [-0.15, -0.1) is 0 Å². The van der Waals surface area contributed by atoms with Crippen LogP contribution in [0.5, 0.6) is 0 Å². The molecule has 1 heterocycles. The lowest BCUT2D eigenvalue weighted by molar-refractivity contribution is -0.116. The van der Waals surface area contributed by atoms with E-state index in [9.17, 15) is 4.79 Å². The first-order valence-corrected chi connectivity index (χ1v) is 3.87. The molecule has 1 aliphatic heterocycles. The van der Waals surface area contributed by atoms with Crippen LogP contribution < -0.4 is 27.7 Å². The summed E-state index contributed by atoms with van der Waals surface area (Å²) in [4.78, 5) is 15.0. The first-order valence-electron chi connectivity index (χ1n) is 3.87. The van der Waals surface area contributed by atoms with E-state index in [1.807, 2.05) is 0 Å². The van der Waals surface area contributed by atoms with Gasteiger partial charge in [0, 0.05) is 14.1 Å². The Labute approximate surface area is 81.0 Å². The summed E-state index contributed by atoms with van der Waals surface area (Å²) < 4.78 is 0. The lowest BCUT2D eigenvalue weighted by Gasteiger charge is -2.28. The van der Waals surface area contributed by atoms with Gasteiger partial charge in [-0.05, 0) is 0 Å². The molecule has 0 aliphatic carbocycles. The Bertz CT molecular complexity index is 307. The van der Waals surface area contributed by atoms with Crippen molar-refractivity contribution < 1.29 is 4.79 Å². The number of hydrogen-bond donors (Lipinski definition) is 5. The minimum Gasteiger partial charge on any atom is -0.371 e. The van der Waals surface area contributed by atoms with Gasteiger partial charge in [-0.3, -0.25) is 20.7 Å². The summed E-state index contributed by atoms with van der Waals surface area (Å²) in [6.45, 7) is 0. The van der Waals surface area contributed by atoms with Crippen LogP contribution in [-0.4, -0.2) is 31.0 Å². The second kappa shape index (κ2) is 3.83. The molecule has 0 saturated carbocycles. The number of nitrogens with two attached hydrogens (primary N) is 2. The van der Waals surface area contributed by atoms with Crippen molar-refractivity contribution in [2.24, 2.45) is 16.6 Å². The fourth-order valence-corrected chi connectivity index (χ4v) is 1.08. The molecule has 1 aliphatic rings. The zero-order valence-electron chi connectivity index (χ0n) is 7.96. The highest BCUT2D eigenvalue weighted by Crippen LogP contribution is 2.08. The highest BCUT2D eigenvalue weighted by atomic mass is 16.1. The van der Waals surface area contributed by atoms with Crippen LogP contribution in [0.15, 0.2) is 16.5 Å². The normalized spacial score (nSPS) is 15.9. The van der Waals surface area contributed by atoms with Crippen molar-refractivity contribution in [3.8, 4) is 0 Å². The highest BCUT2D eigenvalue weighted by molar-refractivity contribution is 5.94. The molecular formula is C6H13N7O. The predicted molar refractivity (Wildman–Crippen MR) is 50.9 cm³/mol. The molecule has 0 bridgehead atoms. The van der Waals surface area contributed by atoms with Crippen molar-refractivity contribution in [2.75, 3.05) is 14.1 Å². The molecule has 8 nitrogen and oxygen atoms in total. The topological polar surface area (TPSA) is 121 Å². The van der Waals surface area contributed by atoms with Gasteiger partial charge in [-0.1, -0.05) is 0 Å². The Morgan fingerprint density at radius 1 is 1.64 bits per heavy atom. The van der Waals surface area contributed by atoms with Crippen molar-refractivity contribution >= 4 is 11.9 Å². The van der Waals surface area contributed by atoms with Gasteiger partial charge in [0.2, 0.25) is 5.96 Å². The van der Waals surface area contributed by atoms with E-state index in [-0.39, 0.29) is 5.70 Å². The second-order valence-electron chi connectivity index (χ2n) is 2.59. The standard InChI is InChI=1S/C6H13N7O/c1-9-5-3(4(7)14)13(2)12-6(10-5)11-8/h9H,8H2,1-2H3,(H2,7,14)(H2,10,11,12). The number of hydrogen-bond acceptors (Lipinski definition) is 7. The summed E-state index contributed by atoms with van der Waals surface area (Å²) in [5, 5.41) is 4.17. The molecule has 0 aromatic heterocycles. The minimum absolute atomic E-state index is 0.242. The number of hydrazine groups is 2. The number of guanidine groups is 1. The molecule has 0 atom stereocenters. The Morgan fingerprint density at radius 3 is 2.71 bits per heavy atom. The smallest absolute Gasteiger partial charge is 0.270 e. The second-order valence-corrected chi connectivity index (χ2v) is 2.59. The summed E-state index contributed by atoms with van der Waals surface area (Å²) in [5.74, 6) is 5.26. The van der Waals surface area contributed by atoms with Gasteiger partial charge in [0.25, 0.3) is 5.91 Å². The monoisotopic (exact) mass is 199 g/mol. The molecule has 0 aromatic rings. The van der Waals surface area contributed by atoms with Gasteiger partial charge < -0.3 is 11.1 Å². The summed E-state index contributed by atoms with van der Waals surface area (Å²) in [6, 6.07) is 0. The average Bonchev–Trinajstić information content (AvgIpc) is 2.15. The third-order valence-electron chi connectivity index (χ3n) is 1.66. The van der Waals surface area contributed by atoms with Gasteiger partial charge in [-0.25, -0.2) is 5.84 Å². The summed E-state index contributed by atoms with van der Waals surface area (Å²) in [5.41, 5.74) is 10.5. The summed E-state index contributed by atoms with van der Waals surface area (Å²) >= 11 is 0. The third kappa shape index (κ3) is 1.69. The Kier molecular flexibility index (Phi) is 2.77. The lowest BCUT2D eigenvalue weighted by Crippen LogP contribution is -2.53.